The predicted molar refractivity (Wildman–Crippen MR) is 78.4 cm³/mol. The summed E-state index contributed by atoms with van der Waals surface area (Å²) in [6, 6.07) is 9.31. The van der Waals surface area contributed by atoms with E-state index in [2.05, 4.69) is 39.6 Å². The second kappa shape index (κ2) is 6.45. The number of halogens is 2. The minimum atomic E-state index is -0.120. The van der Waals surface area contributed by atoms with Crippen LogP contribution < -0.4 is 5.32 Å². The lowest BCUT2D eigenvalue weighted by Gasteiger charge is -2.13. The lowest BCUT2D eigenvalue weighted by atomic mass is 10.1. The summed E-state index contributed by atoms with van der Waals surface area (Å²) >= 11 is 5.15. The Hall–Kier alpha value is -0.710. The smallest absolute Gasteiger partial charge is 0.126 e. The van der Waals surface area contributed by atoms with Crippen molar-refractivity contribution >= 4 is 27.3 Å². The number of rotatable bonds is 5. The number of thiophene rings is 1. The maximum Gasteiger partial charge on any atom is 0.126 e. The van der Waals surface area contributed by atoms with Crippen molar-refractivity contribution in [1.29, 1.82) is 0 Å². The van der Waals surface area contributed by atoms with Crippen LogP contribution in [0.5, 0.6) is 0 Å². The van der Waals surface area contributed by atoms with Gasteiger partial charge in [0.1, 0.15) is 5.82 Å². The van der Waals surface area contributed by atoms with E-state index >= 15 is 0 Å². The molecule has 1 heterocycles. The van der Waals surface area contributed by atoms with Gasteiger partial charge >= 0.3 is 0 Å². The minimum absolute atomic E-state index is 0.120. The molecule has 2 rings (SSSR count). The fourth-order valence-corrected chi connectivity index (χ4v) is 3.19. The molecule has 1 aromatic carbocycles. The fraction of sp³-hybridized carbons (Fsp3) is 0.286. The Balaban J connectivity index is 1.85. The van der Waals surface area contributed by atoms with Gasteiger partial charge in [-0.2, -0.15) is 0 Å². The molecule has 0 aliphatic rings. The topological polar surface area (TPSA) is 12.0 Å². The molecular weight excluding hydrogens is 313 g/mol. The summed E-state index contributed by atoms with van der Waals surface area (Å²) in [6.45, 7) is 2.90. The van der Waals surface area contributed by atoms with E-state index in [1.807, 2.05) is 12.1 Å². The van der Waals surface area contributed by atoms with Crippen LogP contribution in [0.1, 0.15) is 17.4 Å². The predicted octanol–water partition coefficient (Wildman–Crippen LogP) is 4.37. The van der Waals surface area contributed by atoms with Gasteiger partial charge in [-0.1, -0.05) is 18.2 Å². The van der Waals surface area contributed by atoms with Crippen LogP contribution in [0.2, 0.25) is 0 Å². The van der Waals surface area contributed by atoms with Crippen molar-refractivity contribution in [3.8, 4) is 0 Å². The molecule has 96 valence electrons. The average Bonchev–Trinajstić information content (AvgIpc) is 2.76. The van der Waals surface area contributed by atoms with Gasteiger partial charge in [0.05, 0.1) is 0 Å². The Morgan fingerprint density at radius 1 is 1.39 bits per heavy atom. The zero-order valence-corrected chi connectivity index (χ0v) is 12.5. The summed E-state index contributed by atoms with van der Waals surface area (Å²) in [6.07, 6.45) is 0.708. The van der Waals surface area contributed by atoms with Gasteiger partial charge in [-0.3, -0.25) is 0 Å². The van der Waals surface area contributed by atoms with E-state index < -0.39 is 0 Å². The summed E-state index contributed by atoms with van der Waals surface area (Å²) < 4.78 is 14.6. The molecule has 1 unspecified atom stereocenters. The zero-order chi connectivity index (χ0) is 13.0. The van der Waals surface area contributed by atoms with E-state index in [1.54, 1.807) is 17.4 Å². The van der Waals surface area contributed by atoms with Gasteiger partial charge in [0.15, 0.2) is 0 Å². The Bertz CT molecular complexity index is 512. The van der Waals surface area contributed by atoms with Crippen molar-refractivity contribution in [3.63, 3.8) is 0 Å². The van der Waals surface area contributed by atoms with Gasteiger partial charge in [0.2, 0.25) is 0 Å². The normalized spacial score (nSPS) is 12.6. The van der Waals surface area contributed by atoms with E-state index in [0.29, 0.717) is 6.42 Å². The van der Waals surface area contributed by atoms with Crippen LogP contribution in [-0.2, 0) is 13.0 Å². The van der Waals surface area contributed by atoms with Crippen LogP contribution in [0, 0.1) is 5.82 Å². The Labute approximate surface area is 119 Å². The standard InChI is InChI=1S/C14H15BrFNS/c1-10(6-11-4-2-3-5-14(11)16)17-8-13-7-12(15)9-18-13/h2-5,7,9-10,17H,6,8H2,1H3. The highest BCUT2D eigenvalue weighted by molar-refractivity contribution is 9.10. The lowest BCUT2D eigenvalue weighted by molar-refractivity contribution is 0.528. The molecule has 0 saturated heterocycles. The third kappa shape index (κ3) is 3.90. The van der Waals surface area contributed by atoms with Gasteiger partial charge in [-0.25, -0.2) is 4.39 Å². The second-order valence-electron chi connectivity index (χ2n) is 4.31. The SMILES string of the molecule is CC(Cc1ccccc1F)NCc1cc(Br)cs1. The maximum absolute atomic E-state index is 13.5. The van der Waals surface area contributed by atoms with Crippen molar-refractivity contribution < 1.29 is 4.39 Å². The molecule has 0 aliphatic carbocycles. The Morgan fingerprint density at radius 2 is 2.17 bits per heavy atom. The Kier molecular flexibility index (Phi) is 4.92. The molecule has 18 heavy (non-hydrogen) atoms. The van der Waals surface area contributed by atoms with Crippen molar-refractivity contribution in [3.05, 3.63) is 56.4 Å². The largest absolute Gasteiger partial charge is 0.309 e. The first-order valence-electron chi connectivity index (χ1n) is 5.85. The molecular formula is C14H15BrFNS. The van der Waals surface area contributed by atoms with Crippen LogP contribution in [0.3, 0.4) is 0 Å². The first-order valence-corrected chi connectivity index (χ1v) is 7.52. The molecule has 0 bridgehead atoms. The molecule has 1 atom stereocenters. The third-order valence-electron chi connectivity index (χ3n) is 2.73. The molecule has 0 aliphatic heterocycles. The number of hydrogen-bond acceptors (Lipinski definition) is 2. The van der Waals surface area contributed by atoms with Crippen molar-refractivity contribution in [2.24, 2.45) is 0 Å². The van der Waals surface area contributed by atoms with Gasteiger partial charge in [0, 0.05) is 27.3 Å². The van der Waals surface area contributed by atoms with Crippen molar-refractivity contribution in [1.82, 2.24) is 5.32 Å². The van der Waals surface area contributed by atoms with E-state index in [9.17, 15) is 4.39 Å². The van der Waals surface area contributed by atoms with Crippen LogP contribution in [0.4, 0.5) is 4.39 Å². The molecule has 0 spiro atoms. The highest BCUT2D eigenvalue weighted by atomic mass is 79.9. The first-order chi connectivity index (χ1) is 8.65. The van der Waals surface area contributed by atoms with Crippen molar-refractivity contribution in [2.75, 3.05) is 0 Å². The minimum Gasteiger partial charge on any atom is -0.309 e. The molecule has 2 aromatic rings. The fourth-order valence-electron chi connectivity index (χ4n) is 1.79. The number of benzene rings is 1. The van der Waals surface area contributed by atoms with Gasteiger partial charge in [-0.05, 0) is 47.0 Å². The summed E-state index contributed by atoms with van der Waals surface area (Å²) in [7, 11) is 0. The number of nitrogens with one attached hydrogen (secondary N) is 1. The highest BCUT2D eigenvalue weighted by Crippen LogP contribution is 2.19. The molecule has 4 heteroatoms. The summed E-state index contributed by atoms with van der Waals surface area (Å²) in [4.78, 5) is 1.28. The zero-order valence-electron chi connectivity index (χ0n) is 10.1. The summed E-state index contributed by atoms with van der Waals surface area (Å²) in [5.74, 6) is -0.120. The van der Waals surface area contributed by atoms with E-state index in [-0.39, 0.29) is 11.9 Å². The number of hydrogen-bond donors (Lipinski definition) is 1. The molecule has 0 fully saturated rings. The highest BCUT2D eigenvalue weighted by Gasteiger charge is 2.07. The first kappa shape index (κ1) is 13.7. The molecule has 1 nitrogen and oxygen atoms in total. The van der Waals surface area contributed by atoms with Gasteiger partial charge < -0.3 is 5.32 Å². The maximum atomic E-state index is 13.5. The lowest BCUT2D eigenvalue weighted by Crippen LogP contribution is -2.27. The second-order valence-corrected chi connectivity index (χ2v) is 6.22. The summed E-state index contributed by atoms with van der Waals surface area (Å²) in [5, 5.41) is 5.48. The molecule has 1 aromatic heterocycles. The molecule has 0 amide bonds. The van der Waals surface area contributed by atoms with E-state index in [1.165, 1.54) is 10.9 Å². The quantitative estimate of drug-likeness (QED) is 0.859. The summed E-state index contributed by atoms with van der Waals surface area (Å²) in [5.41, 5.74) is 0.768. The van der Waals surface area contributed by atoms with Gasteiger partial charge in [-0.15, -0.1) is 11.3 Å². The molecule has 0 saturated carbocycles. The van der Waals surface area contributed by atoms with Crippen LogP contribution >= 0.6 is 27.3 Å². The third-order valence-corrected chi connectivity index (χ3v) is 4.43. The van der Waals surface area contributed by atoms with Gasteiger partial charge in [0.25, 0.3) is 0 Å². The van der Waals surface area contributed by atoms with Crippen LogP contribution in [0.25, 0.3) is 0 Å². The molecule has 0 radical (unpaired) electrons. The average molecular weight is 328 g/mol. The Morgan fingerprint density at radius 3 is 2.83 bits per heavy atom. The van der Waals surface area contributed by atoms with E-state index in [4.69, 9.17) is 0 Å². The monoisotopic (exact) mass is 327 g/mol. The van der Waals surface area contributed by atoms with Crippen LogP contribution in [-0.4, -0.2) is 6.04 Å². The van der Waals surface area contributed by atoms with E-state index in [0.717, 1.165) is 16.6 Å². The van der Waals surface area contributed by atoms with Crippen LogP contribution in [0.15, 0.2) is 40.2 Å². The van der Waals surface area contributed by atoms with Crippen molar-refractivity contribution in [2.45, 2.75) is 25.9 Å². The molecule has 1 N–H and O–H groups in total.